The zero-order valence-corrected chi connectivity index (χ0v) is 9.09. The van der Waals surface area contributed by atoms with Gasteiger partial charge in [0.25, 0.3) is 6.43 Å². The molecule has 100 valence electrons. The molecule has 0 amide bonds. The number of rotatable bonds is 3. The van der Waals surface area contributed by atoms with Crippen molar-refractivity contribution in [1.82, 2.24) is 4.98 Å². The van der Waals surface area contributed by atoms with Crippen molar-refractivity contribution in [3.63, 3.8) is 0 Å². The normalized spacial score (nSPS) is 11.7. The van der Waals surface area contributed by atoms with Gasteiger partial charge < -0.3 is 4.74 Å². The van der Waals surface area contributed by atoms with Crippen molar-refractivity contribution in [3.8, 4) is 0 Å². The van der Waals surface area contributed by atoms with E-state index in [4.69, 9.17) is 0 Å². The van der Waals surface area contributed by atoms with E-state index < -0.39 is 35.4 Å². The number of hydrogen-bond donors (Lipinski definition) is 0. The minimum absolute atomic E-state index is 0.141. The highest BCUT2D eigenvalue weighted by atomic mass is 19.4. The van der Waals surface area contributed by atoms with Gasteiger partial charge in [-0.25, -0.2) is 13.6 Å². The van der Waals surface area contributed by atoms with E-state index in [1.54, 1.807) is 0 Å². The molecule has 3 nitrogen and oxygen atoms in total. The quantitative estimate of drug-likeness (QED) is 0.624. The predicted molar refractivity (Wildman–Crippen MR) is 50.2 cm³/mol. The van der Waals surface area contributed by atoms with E-state index >= 15 is 0 Å². The van der Waals surface area contributed by atoms with Gasteiger partial charge in [-0.2, -0.15) is 13.2 Å². The highest BCUT2D eigenvalue weighted by Gasteiger charge is 2.33. The molecule has 0 aliphatic heterocycles. The molecule has 0 aliphatic rings. The van der Waals surface area contributed by atoms with Crippen LogP contribution in [0.3, 0.4) is 0 Å². The topological polar surface area (TPSA) is 39.2 Å². The molecule has 0 N–H and O–H groups in total. The van der Waals surface area contributed by atoms with Crippen LogP contribution in [0, 0.1) is 0 Å². The minimum atomic E-state index is -4.77. The van der Waals surface area contributed by atoms with Crippen LogP contribution in [0.2, 0.25) is 0 Å². The zero-order valence-electron chi connectivity index (χ0n) is 9.09. The third kappa shape index (κ3) is 3.14. The van der Waals surface area contributed by atoms with Crippen LogP contribution in [-0.2, 0) is 10.9 Å². The lowest BCUT2D eigenvalue weighted by molar-refractivity contribution is -0.137. The van der Waals surface area contributed by atoms with Gasteiger partial charge in [0.15, 0.2) is 0 Å². The molecule has 0 fully saturated rings. The van der Waals surface area contributed by atoms with Crippen molar-refractivity contribution < 1.29 is 31.5 Å². The van der Waals surface area contributed by atoms with E-state index in [0.29, 0.717) is 6.07 Å². The van der Waals surface area contributed by atoms with Crippen LogP contribution in [0.15, 0.2) is 12.3 Å². The Morgan fingerprint density at radius 2 is 2.06 bits per heavy atom. The maximum atomic E-state index is 12.5. The van der Waals surface area contributed by atoms with Gasteiger partial charge in [-0.1, -0.05) is 0 Å². The molecule has 0 atom stereocenters. The molecule has 1 aromatic rings. The third-order valence-electron chi connectivity index (χ3n) is 1.95. The number of nitrogens with zero attached hydrogens (tertiary/aromatic N) is 1. The van der Waals surface area contributed by atoms with Crippen LogP contribution in [0.4, 0.5) is 22.0 Å². The summed E-state index contributed by atoms with van der Waals surface area (Å²) >= 11 is 0. The van der Waals surface area contributed by atoms with Crippen molar-refractivity contribution in [3.05, 3.63) is 29.1 Å². The molecular weight excluding hydrogens is 261 g/mol. The van der Waals surface area contributed by atoms with Gasteiger partial charge in [-0.05, 0) is 13.0 Å². The number of alkyl halides is 5. The van der Waals surface area contributed by atoms with Crippen LogP contribution in [0.5, 0.6) is 0 Å². The first kappa shape index (κ1) is 14.3. The third-order valence-corrected chi connectivity index (χ3v) is 1.95. The molecule has 1 aromatic heterocycles. The molecular formula is C10H8F5NO2. The van der Waals surface area contributed by atoms with Gasteiger partial charge in [0.05, 0.1) is 17.7 Å². The maximum Gasteiger partial charge on any atom is 0.417 e. The fourth-order valence-corrected chi connectivity index (χ4v) is 1.18. The first-order chi connectivity index (χ1) is 8.27. The Hall–Kier alpha value is -1.73. The van der Waals surface area contributed by atoms with Crippen molar-refractivity contribution >= 4 is 5.97 Å². The molecule has 1 rings (SSSR count). The second-order valence-corrected chi connectivity index (χ2v) is 3.18. The van der Waals surface area contributed by atoms with Crippen LogP contribution < -0.4 is 0 Å². The molecule has 0 bridgehead atoms. The average molecular weight is 269 g/mol. The number of halogens is 5. The molecule has 0 saturated carbocycles. The molecule has 18 heavy (non-hydrogen) atoms. The van der Waals surface area contributed by atoms with E-state index in [1.807, 2.05) is 0 Å². The van der Waals surface area contributed by atoms with Crippen LogP contribution in [-0.4, -0.2) is 17.6 Å². The number of ether oxygens (including phenoxy) is 1. The van der Waals surface area contributed by atoms with E-state index in [2.05, 4.69) is 9.72 Å². The van der Waals surface area contributed by atoms with E-state index in [0.717, 1.165) is 0 Å². The highest BCUT2D eigenvalue weighted by molar-refractivity contribution is 5.90. The Balaban J connectivity index is 3.29. The lowest BCUT2D eigenvalue weighted by atomic mass is 10.1. The Morgan fingerprint density at radius 3 is 2.50 bits per heavy atom. The maximum absolute atomic E-state index is 12.5. The number of aromatic nitrogens is 1. The second kappa shape index (κ2) is 5.28. The van der Waals surface area contributed by atoms with Gasteiger partial charge >= 0.3 is 12.1 Å². The fourth-order valence-electron chi connectivity index (χ4n) is 1.18. The molecule has 0 unspecified atom stereocenters. The smallest absolute Gasteiger partial charge is 0.417 e. The molecule has 0 saturated heterocycles. The second-order valence-electron chi connectivity index (χ2n) is 3.18. The fraction of sp³-hybridized carbons (Fsp3) is 0.400. The molecule has 1 heterocycles. The average Bonchev–Trinajstić information content (AvgIpc) is 2.27. The summed E-state index contributed by atoms with van der Waals surface area (Å²) in [5.74, 6) is -1.26. The van der Waals surface area contributed by atoms with Gasteiger partial charge in [0.1, 0.15) is 5.69 Å². The van der Waals surface area contributed by atoms with Gasteiger partial charge in [0.2, 0.25) is 0 Å². The summed E-state index contributed by atoms with van der Waals surface area (Å²) in [5.41, 5.74) is -3.18. The summed E-state index contributed by atoms with van der Waals surface area (Å²) in [7, 11) is 0. The largest absolute Gasteiger partial charge is 0.462 e. The van der Waals surface area contributed by atoms with Crippen molar-refractivity contribution in [2.45, 2.75) is 19.5 Å². The predicted octanol–water partition coefficient (Wildman–Crippen LogP) is 3.21. The Kier molecular flexibility index (Phi) is 4.20. The Bertz CT molecular complexity index is 444. The summed E-state index contributed by atoms with van der Waals surface area (Å²) in [4.78, 5) is 14.3. The lowest BCUT2D eigenvalue weighted by Crippen LogP contribution is -2.14. The summed E-state index contributed by atoms with van der Waals surface area (Å²) in [6, 6.07) is 0.312. The monoisotopic (exact) mass is 269 g/mol. The van der Waals surface area contributed by atoms with Crippen molar-refractivity contribution in [1.29, 1.82) is 0 Å². The summed E-state index contributed by atoms with van der Waals surface area (Å²) < 4.78 is 66.5. The van der Waals surface area contributed by atoms with Crippen molar-refractivity contribution in [2.75, 3.05) is 6.61 Å². The van der Waals surface area contributed by atoms with Crippen LogP contribution in [0.25, 0.3) is 0 Å². The van der Waals surface area contributed by atoms with E-state index in [9.17, 15) is 26.7 Å². The van der Waals surface area contributed by atoms with Gasteiger partial charge in [-0.3, -0.25) is 4.98 Å². The summed E-state index contributed by atoms with van der Waals surface area (Å²) in [5, 5.41) is 0. The summed E-state index contributed by atoms with van der Waals surface area (Å²) in [6.07, 6.45) is -7.68. The molecule has 0 aromatic carbocycles. The molecule has 8 heteroatoms. The van der Waals surface area contributed by atoms with Gasteiger partial charge in [-0.15, -0.1) is 0 Å². The number of pyridine rings is 1. The van der Waals surface area contributed by atoms with Crippen molar-refractivity contribution in [2.24, 2.45) is 0 Å². The van der Waals surface area contributed by atoms with Crippen LogP contribution in [0.1, 0.15) is 35.0 Å². The van der Waals surface area contributed by atoms with Crippen LogP contribution >= 0.6 is 0 Å². The Labute approximate surface area is 98.6 Å². The first-order valence-electron chi connectivity index (χ1n) is 4.79. The SMILES string of the molecule is CCOC(=O)c1cc(C(F)(F)F)cnc1C(F)F. The number of carbonyl (C=O) groups excluding carboxylic acids is 1. The number of hydrogen-bond acceptors (Lipinski definition) is 3. The van der Waals surface area contributed by atoms with E-state index in [-0.39, 0.29) is 12.8 Å². The number of carbonyl (C=O) groups is 1. The molecule has 0 spiro atoms. The molecule has 0 aliphatic carbocycles. The lowest BCUT2D eigenvalue weighted by Gasteiger charge is -2.11. The van der Waals surface area contributed by atoms with Gasteiger partial charge in [0, 0.05) is 6.20 Å². The molecule has 0 radical (unpaired) electrons. The zero-order chi connectivity index (χ0) is 13.9. The highest BCUT2D eigenvalue weighted by Crippen LogP contribution is 2.31. The minimum Gasteiger partial charge on any atom is -0.462 e. The summed E-state index contributed by atoms with van der Waals surface area (Å²) in [6.45, 7) is 1.26. The van der Waals surface area contributed by atoms with E-state index in [1.165, 1.54) is 6.92 Å². The number of esters is 1. The first-order valence-corrected chi connectivity index (χ1v) is 4.79. The Morgan fingerprint density at radius 1 is 1.44 bits per heavy atom. The standard InChI is InChI=1S/C10H8F5NO2/c1-2-18-9(17)6-3-5(10(13,14)15)4-16-7(6)8(11)12/h3-4,8H,2H2,1H3.